The lowest BCUT2D eigenvalue weighted by Crippen LogP contribution is -1.96. The van der Waals surface area contributed by atoms with Crippen molar-refractivity contribution in [3.63, 3.8) is 0 Å². The summed E-state index contributed by atoms with van der Waals surface area (Å²) in [5.74, 6) is 0. The molecule has 0 N–H and O–H groups in total. The Morgan fingerprint density at radius 2 is 0.596 bits per heavy atom. The molecule has 0 radical (unpaired) electrons. The lowest BCUT2D eigenvalue weighted by atomic mass is 9.78. The molecule has 0 atom stereocenters. The van der Waals surface area contributed by atoms with Crippen molar-refractivity contribution in [3.8, 4) is 44.5 Å². The van der Waals surface area contributed by atoms with Gasteiger partial charge in [-0.2, -0.15) is 0 Å². The zero-order chi connectivity index (χ0) is 33.7. The highest BCUT2D eigenvalue weighted by atomic mass is 14.4. The summed E-state index contributed by atoms with van der Waals surface area (Å²) in [4.78, 5) is 0. The Morgan fingerprint density at radius 1 is 0.192 bits per heavy atom. The smallest absolute Gasteiger partial charge is 0.000717 e. The fourth-order valence-electron chi connectivity index (χ4n) is 10.3. The molecule has 0 saturated carbocycles. The molecule has 0 aliphatic heterocycles. The van der Waals surface area contributed by atoms with Gasteiger partial charge < -0.3 is 0 Å². The van der Waals surface area contributed by atoms with Crippen molar-refractivity contribution < 1.29 is 0 Å². The highest BCUT2D eigenvalue weighted by Crippen LogP contribution is 2.61. The van der Waals surface area contributed by atoms with Crippen LogP contribution in [0.3, 0.4) is 0 Å². The van der Waals surface area contributed by atoms with Crippen LogP contribution in [0, 0.1) is 0 Å². The summed E-state index contributed by atoms with van der Waals surface area (Å²) in [7, 11) is 0. The van der Waals surface area contributed by atoms with E-state index >= 15 is 0 Å². The minimum atomic E-state index is 1.26. The molecule has 0 amide bonds. The number of rotatable bonds is 2. The van der Waals surface area contributed by atoms with E-state index in [1.165, 1.54) is 131 Å². The van der Waals surface area contributed by atoms with E-state index in [4.69, 9.17) is 0 Å². The SMILES string of the molecule is c1ccc(-c2c3c(c(-c4ccccc4)c4c5cccc6ccc7cccc(c24)c7c65)-c2ccc4c5cccc6cccc(c7ccc-3c2c74)c65)cc1. The monoisotopic (exact) mass is 652 g/mol. The first-order valence-electron chi connectivity index (χ1n) is 18.3. The molecule has 0 saturated heterocycles. The van der Waals surface area contributed by atoms with E-state index in [2.05, 4.69) is 170 Å². The number of hydrogen-bond acceptors (Lipinski definition) is 0. The van der Waals surface area contributed by atoms with Crippen LogP contribution >= 0.6 is 0 Å². The number of hydrogen-bond donors (Lipinski definition) is 0. The summed E-state index contributed by atoms with van der Waals surface area (Å²) >= 11 is 0. The Labute approximate surface area is 299 Å². The quantitative estimate of drug-likeness (QED) is 0.129. The third-order valence-corrected chi connectivity index (χ3v) is 12.2. The van der Waals surface area contributed by atoms with Crippen LogP contribution in [0.15, 0.2) is 170 Å². The lowest BCUT2D eigenvalue weighted by Gasteiger charge is -2.24. The molecule has 12 aromatic carbocycles. The molecule has 12 aromatic rings. The summed E-state index contributed by atoms with van der Waals surface area (Å²) in [5.41, 5.74) is 10.5. The maximum atomic E-state index is 2.44. The first-order chi connectivity index (χ1) is 25.8. The van der Waals surface area contributed by atoms with Gasteiger partial charge in [-0.25, -0.2) is 0 Å². The van der Waals surface area contributed by atoms with Gasteiger partial charge in [0.05, 0.1) is 0 Å². The second kappa shape index (κ2) is 9.51. The second-order valence-electron chi connectivity index (χ2n) is 14.6. The van der Waals surface area contributed by atoms with Gasteiger partial charge in [0, 0.05) is 0 Å². The first-order valence-corrected chi connectivity index (χ1v) is 18.3. The molecule has 0 heterocycles. The summed E-state index contributed by atoms with van der Waals surface area (Å²) in [6.07, 6.45) is 0. The van der Waals surface area contributed by atoms with Crippen molar-refractivity contribution in [1.29, 1.82) is 0 Å². The molecule has 0 unspecified atom stereocenters. The van der Waals surface area contributed by atoms with E-state index in [0.29, 0.717) is 0 Å². The van der Waals surface area contributed by atoms with Gasteiger partial charge in [-0.05, 0) is 131 Å². The van der Waals surface area contributed by atoms with Gasteiger partial charge in [0.1, 0.15) is 0 Å². The van der Waals surface area contributed by atoms with E-state index in [1.807, 2.05) is 0 Å². The highest BCUT2D eigenvalue weighted by Gasteiger charge is 2.33. The number of benzene rings is 12. The molecule has 236 valence electrons. The fourth-order valence-corrected chi connectivity index (χ4v) is 10.3. The molecule has 13 rings (SSSR count). The zero-order valence-electron chi connectivity index (χ0n) is 28.2. The van der Waals surface area contributed by atoms with Gasteiger partial charge in [0.25, 0.3) is 0 Å². The third-order valence-electron chi connectivity index (χ3n) is 12.2. The standard InChI is InChI=1S/C52H28/c1-3-11-30(12-4-1)45-49-38-21-9-17-32-23-24-33-18-10-22-39(44(33)43(32)38)50(49)46(31-13-5-2-6-14-31)52-41-28-26-37-35-20-8-16-29-15-7-19-34(42(29)35)36-25-27-40(51(45)52)48(41)47(36)37/h1-28H. The first kappa shape index (κ1) is 27.0. The largest absolute Gasteiger partial charge is 0.0622 e. The Kier molecular flexibility index (Phi) is 4.94. The van der Waals surface area contributed by atoms with E-state index < -0.39 is 0 Å². The molecule has 0 heteroatoms. The van der Waals surface area contributed by atoms with E-state index in [0.717, 1.165) is 0 Å². The van der Waals surface area contributed by atoms with Crippen LogP contribution in [0.25, 0.3) is 131 Å². The zero-order valence-corrected chi connectivity index (χ0v) is 28.2. The minimum absolute atomic E-state index is 1.26. The predicted molar refractivity (Wildman–Crippen MR) is 224 cm³/mol. The number of fused-ring (bicyclic) bond motifs is 8. The second-order valence-corrected chi connectivity index (χ2v) is 14.6. The Bertz CT molecular complexity index is 3260. The summed E-state index contributed by atoms with van der Waals surface area (Å²) in [5, 5.41) is 21.4. The maximum Gasteiger partial charge on any atom is -0.000717 e. The predicted octanol–water partition coefficient (Wildman–Crippen LogP) is 14.8. The van der Waals surface area contributed by atoms with Crippen molar-refractivity contribution in [2.24, 2.45) is 0 Å². The summed E-state index contributed by atoms with van der Waals surface area (Å²) in [6.45, 7) is 0. The van der Waals surface area contributed by atoms with Crippen molar-refractivity contribution in [2.45, 2.75) is 0 Å². The average Bonchev–Trinajstić information content (AvgIpc) is 3.55. The van der Waals surface area contributed by atoms with Crippen molar-refractivity contribution >= 4 is 86.2 Å². The molecule has 52 heavy (non-hydrogen) atoms. The van der Waals surface area contributed by atoms with Crippen LogP contribution in [0.4, 0.5) is 0 Å². The molecule has 0 bridgehead atoms. The van der Waals surface area contributed by atoms with Crippen molar-refractivity contribution in [3.05, 3.63) is 170 Å². The molecule has 0 aromatic heterocycles. The van der Waals surface area contributed by atoms with Gasteiger partial charge in [-0.1, -0.05) is 170 Å². The molecule has 1 aliphatic rings. The van der Waals surface area contributed by atoms with Crippen molar-refractivity contribution in [1.82, 2.24) is 0 Å². The molecule has 0 spiro atoms. The Morgan fingerprint density at radius 3 is 1.06 bits per heavy atom. The lowest BCUT2D eigenvalue weighted by molar-refractivity contribution is 1.64. The minimum Gasteiger partial charge on any atom is -0.0622 e. The normalized spacial score (nSPS) is 12.6. The molecule has 0 fully saturated rings. The van der Waals surface area contributed by atoms with Crippen LogP contribution < -0.4 is 0 Å². The fraction of sp³-hybridized carbons (Fsp3) is 0. The van der Waals surface area contributed by atoms with Crippen LogP contribution in [0.5, 0.6) is 0 Å². The van der Waals surface area contributed by atoms with E-state index in [-0.39, 0.29) is 0 Å². The van der Waals surface area contributed by atoms with Gasteiger partial charge in [-0.15, -0.1) is 0 Å². The topological polar surface area (TPSA) is 0 Å². The van der Waals surface area contributed by atoms with E-state index in [1.54, 1.807) is 0 Å². The summed E-state index contributed by atoms with van der Waals surface area (Å²) < 4.78 is 0. The summed E-state index contributed by atoms with van der Waals surface area (Å²) in [6, 6.07) is 64.1. The average molecular weight is 653 g/mol. The van der Waals surface area contributed by atoms with Crippen LogP contribution in [-0.2, 0) is 0 Å². The van der Waals surface area contributed by atoms with Crippen LogP contribution in [0.2, 0.25) is 0 Å². The van der Waals surface area contributed by atoms with Gasteiger partial charge in [-0.3, -0.25) is 0 Å². The van der Waals surface area contributed by atoms with Crippen LogP contribution in [0.1, 0.15) is 0 Å². The van der Waals surface area contributed by atoms with Crippen molar-refractivity contribution in [2.75, 3.05) is 0 Å². The third kappa shape index (κ3) is 3.16. The van der Waals surface area contributed by atoms with Gasteiger partial charge >= 0.3 is 0 Å². The molecule has 1 aliphatic carbocycles. The molecular formula is C52H28. The molecule has 0 nitrogen and oxygen atoms in total. The highest BCUT2D eigenvalue weighted by molar-refractivity contribution is 6.43. The Balaban J connectivity index is 1.36. The van der Waals surface area contributed by atoms with E-state index in [9.17, 15) is 0 Å². The van der Waals surface area contributed by atoms with Gasteiger partial charge in [0.2, 0.25) is 0 Å². The van der Waals surface area contributed by atoms with Gasteiger partial charge in [0.15, 0.2) is 0 Å². The van der Waals surface area contributed by atoms with Crippen LogP contribution in [-0.4, -0.2) is 0 Å². The molecular weight excluding hydrogens is 625 g/mol. The maximum absolute atomic E-state index is 2.44. The Hall–Kier alpha value is -6.76.